The molecular formula is C16H17F3N4O2. The Kier molecular flexibility index (Phi) is 4.06. The smallest absolute Gasteiger partial charge is 0.416 e. The van der Waals surface area contributed by atoms with Crippen molar-refractivity contribution in [1.82, 2.24) is 15.2 Å². The van der Waals surface area contributed by atoms with Crippen LogP contribution in [0.15, 0.2) is 18.3 Å². The van der Waals surface area contributed by atoms with Crippen molar-refractivity contribution in [3.63, 3.8) is 0 Å². The van der Waals surface area contributed by atoms with Crippen LogP contribution in [0.3, 0.4) is 0 Å². The van der Waals surface area contributed by atoms with Gasteiger partial charge in [-0.05, 0) is 44.4 Å². The van der Waals surface area contributed by atoms with Gasteiger partial charge in [0, 0.05) is 11.6 Å². The van der Waals surface area contributed by atoms with Crippen LogP contribution in [0.5, 0.6) is 5.75 Å². The van der Waals surface area contributed by atoms with E-state index < -0.39 is 23.1 Å². The number of phenolic OH excluding ortho intramolecular Hbond substituents is 1. The van der Waals surface area contributed by atoms with Crippen LogP contribution in [0.1, 0.15) is 30.9 Å². The molecule has 0 radical (unpaired) electrons. The van der Waals surface area contributed by atoms with Gasteiger partial charge in [0.1, 0.15) is 11.4 Å². The Morgan fingerprint density at radius 2 is 1.92 bits per heavy atom. The van der Waals surface area contributed by atoms with Gasteiger partial charge in [0.25, 0.3) is 0 Å². The molecule has 1 heterocycles. The monoisotopic (exact) mass is 354 g/mol. The van der Waals surface area contributed by atoms with Crippen molar-refractivity contribution in [3.05, 3.63) is 29.5 Å². The zero-order valence-corrected chi connectivity index (χ0v) is 13.6. The fourth-order valence-electron chi connectivity index (χ4n) is 3.01. The van der Waals surface area contributed by atoms with Crippen molar-refractivity contribution in [2.45, 2.75) is 44.5 Å². The molecule has 25 heavy (non-hydrogen) atoms. The van der Waals surface area contributed by atoms with E-state index in [1.165, 1.54) is 13.1 Å². The lowest BCUT2D eigenvalue weighted by Gasteiger charge is -2.41. The maximum Gasteiger partial charge on any atom is 0.416 e. The molecular weight excluding hydrogens is 337 g/mol. The highest BCUT2D eigenvalue weighted by Gasteiger charge is 2.38. The van der Waals surface area contributed by atoms with Crippen LogP contribution in [-0.4, -0.2) is 37.0 Å². The third kappa shape index (κ3) is 3.65. The first-order valence-electron chi connectivity index (χ1n) is 7.65. The van der Waals surface area contributed by atoms with E-state index in [0.717, 1.165) is 6.07 Å². The van der Waals surface area contributed by atoms with Gasteiger partial charge in [-0.1, -0.05) is 0 Å². The van der Waals surface area contributed by atoms with E-state index in [-0.39, 0.29) is 28.8 Å². The second kappa shape index (κ2) is 5.83. The van der Waals surface area contributed by atoms with Gasteiger partial charge in [-0.15, -0.1) is 10.2 Å². The van der Waals surface area contributed by atoms with Crippen molar-refractivity contribution in [3.8, 4) is 17.0 Å². The summed E-state index contributed by atoms with van der Waals surface area (Å²) in [5.74, 6) is -0.271. The van der Waals surface area contributed by atoms with Crippen molar-refractivity contribution in [2.75, 3.05) is 5.32 Å². The molecule has 1 fully saturated rings. The number of nitrogens with zero attached hydrogens (tertiary/aromatic N) is 3. The molecule has 0 amide bonds. The number of aliphatic hydroxyl groups is 1. The van der Waals surface area contributed by atoms with Gasteiger partial charge in [-0.3, -0.25) is 0 Å². The molecule has 0 saturated heterocycles. The molecule has 1 aromatic carbocycles. The topological polar surface area (TPSA) is 91.2 Å². The van der Waals surface area contributed by atoms with Crippen LogP contribution in [0.2, 0.25) is 0 Å². The number of nitrogens with one attached hydrogen (secondary N) is 1. The van der Waals surface area contributed by atoms with E-state index in [1.807, 2.05) is 0 Å². The van der Waals surface area contributed by atoms with Gasteiger partial charge in [0.05, 0.1) is 17.4 Å². The lowest BCUT2D eigenvalue weighted by Crippen LogP contribution is -2.48. The maximum atomic E-state index is 12.8. The molecule has 0 aliphatic heterocycles. The number of aryl methyl sites for hydroxylation is 1. The first-order chi connectivity index (χ1) is 11.5. The standard InChI is InChI=1S/C16H17F3N4O2/c1-8-3-9(16(17,18)19)4-12(24)13(8)11-7-20-14(23-22-11)21-10-5-15(2,25)6-10/h3-4,7,10,24-25H,5-6H2,1-2H3,(H,20,21,23). The molecule has 1 aliphatic carbocycles. The molecule has 0 bridgehead atoms. The van der Waals surface area contributed by atoms with Gasteiger partial charge < -0.3 is 15.5 Å². The summed E-state index contributed by atoms with van der Waals surface area (Å²) in [6.45, 7) is 3.19. The van der Waals surface area contributed by atoms with E-state index in [2.05, 4.69) is 20.5 Å². The number of rotatable bonds is 3. The third-order valence-electron chi connectivity index (χ3n) is 4.17. The molecule has 134 valence electrons. The zero-order chi connectivity index (χ0) is 18.4. The van der Waals surface area contributed by atoms with Crippen LogP contribution in [0.25, 0.3) is 11.3 Å². The summed E-state index contributed by atoms with van der Waals surface area (Å²) < 4.78 is 38.3. The Bertz CT molecular complexity index is 760. The number of hydrogen-bond acceptors (Lipinski definition) is 6. The zero-order valence-electron chi connectivity index (χ0n) is 13.6. The molecule has 6 nitrogen and oxygen atoms in total. The first-order valence-corrected chi connectivity index (χ1v) is 7.65. The quantitative estimate of drug-likeness (QED) is 0.785. The SMILES string of the molecule is Cc1cc(C(F)(F)F)cc(O)c1-c1cnc(NC2CC(C)(O)C2)nn1. The number of hydrogen-bond donors (Lipinski definition) is 3. The summed E-state index contributed by atoms with van der Waals surface area (Å²) in [5, 5.41) is 30.5. The predicted octanol–water partition coefficient (Wildman–Crippen LogP) is 2.90. The Morgan fingerprint density at radius 1 is 1.24 bits per heavy atom. The number of halogens is 3. The molecule has 3 N–H and O–H groups in total. The maximum absolute atomic E-state index is 12.8. The number of phenols is 1. The number of anilines is 1. The molecule has 0 atom stereocenters. The molecule has 9 heteroatoms. The van der Waals surface area contributed by atoms with E-state index >= 15 is 0 Å². The lowest BCUT2D eigenvalue weighted by atomic mass is 9.77. The Balaban J connectivity index is 1.81. The number of aromatic hydroxyl groups is 1. The molecule has 3 rings (SSSR count). The van der Waals surface area contributed by atoms with Crippen LogP contribution in [0, 0.1) is 6.92 Å². The van der Waals surface area contributed by atoms with Gasteiger partial charge in [0.15, 0.2) is 0 Å². The van der Waals surface area contributed by atoms with Gasteiger partial charge in [-0.25, -0.2) is 4.98 Å². The van der Waals surface area contributed by atoms with E-state index in [0.29, 0.717) is 18.9 Å². The minimum Gasteiger partial charge on any atom is -0.507 e. The molecule has 1 aromatic heterocycles. The van der Waals surface area contributed by atoms with Crippen LogP contribution in [-0.2, 0) is 6.18 Å². The lowest BCUT2D eigenvalue weighted by molar-refractivity contribution is -0.137. The molecule has 1 saturated carbocycles. The van der Waals surface area contributed by atoms with Crippen molar-refractivity contribution in [2.24, 2.45) is 0 Å². The van der Waals surface area contributed by atoms with Crippen molar-refractivity contribution in [1.29, 1.82) is 0 Å². The Morgan fingerprint density at radius 3 is 2.40 bits per heavy atom. The highest BCUT2D eigenvalue weighted by molar-refractivity contribution is 5.70. The first kappa shape index (κ1) is 17.4. The van der Waals surface area contributed by atoms with Gasteiger partial charge in [-0.2, -0.15) is 13.2 Å². The molecule has 2 aromatic rings. The summed E-state index contributed by atoms with van der Waals surface area (Å²) in [7, 11) is 0. The number of aromatic nitrogens is 3. The molecule has 1 aliphatic rings. The summed E-state index contributed by atoms with van der Waals surface area (Å²) in [5.41, 5.74) is -1.06. The average molecular weight is 354 g/mol. The second-order valence-corrected chi connectivity index (χ2v) is 6.60. The van der Waals surface area contributed by atoms with Crippen LogP contribution >= 0.6 is 0 Å². The highest BCUT2D eigenvalue weighted by Crippen LogP contribution is 2.38. The van der Waals surface area contributed by atoms with Crippen LogP contribution in [0.4, 0.5) is 19.1 Å². The molecule has 0 spiro atoms. The highest BCUT2D eigenvalue weighted by atomic mass is 19.4. The predicted molar refractivity (Wildman–Crippen MR) is 83.9 cm³/mol. The average Bonchev–Trinajstić information content (AvgIpc) is 2.45. The second-order valence-electron chi connectivity index (χ2n) is 6.60. The summed E-state index contributed by atoms with van der Waals surface area (Å²) in [4.78, 5) is 4.08. The largest absolute Gasteiger partial charge is 0.507 e. The van der Waals surface area contributed by atoms with E-state index in [1.54, 1.807) is 6.92 Å². The third-order valence-corrected chi connectivity index (χ3v) is 4.17. The summed E-state index contributed by atoms with van der Waals surface area (Å²) in [6, 6.07) is 1.65. The Labute approximate surface area is 141 Å². The normalized spacial score (nSPS) is 23.2. The van der Waals surface area contributed by atoms with Gasteiger partial charge >= 0.3 is 6.18 Å². The minimum atomic E-state index is -4.54. The minimum absolute atomic E-state index is 0.0452. The Hall–Kier alpha value is -2.42. The van der Waals surface area contributed by atoms with E-state index in [4.69, 9.17) is 0 Å². The number of benzene rings is 1. The number of alkyl halides is 3. The van der Waals surface area contributed by atoms with Crippen molar-refractivity contribution < 1.29 is 23.4 Å². The summed E-state index contributed by atoms with van der Waals surface area (Å²) in [6.07, 6.45) is -2.07. The fourth-order valence-corrected chi connectivity index (χ4v) is 3.01. The van der Waals surface area contributed by atoms with Gasteiger partial charge in [0.2, 0.25) is 5.95 Å². The summed E-state index contributed by atoms with van der Waals surface area (Å²) >= 11 is 0. The van der Waals surface area contributed by atoms with Crippen molar-refractivity contribution >= 4 is 5.95 Å². The van der Waals surface area contributed by atoms with E-state index in [9.17, 15) is 23.4 Å². The molecule has 0 unspecified atom stereocenters. The van der Waals surface area contributed by atoms with Crippen LogP contribution < -0.4 is 5.32 Å². The fraction of sp³-hybridized carbons (Fsp3) is 0.438.